The first kappa shape index (κ1) is 34.1. The van der Waals surface area contributed by atoms with Crippen molar-refractivity contribution in [3.8, 4) is 33.4 Å². The van der Waals surface area contributed by atoms with E-state index in [1.165, 1.54) is 65.0 Å². The molecule has 0 saturated heterocycles. The number of benzene rings is 11. The SMILES string of the molecule is FC(F)(F)c1ccc(-c2c3ccccc3c(-c3c4ccccc4c(-c4ccc5sc6c(ccc7c8ccccc8ccc76)c5c4)c4ccccc34)c3ccccc23)cc1. The van der Waals surface area contributed by atoms with Crippen molar-refractivity contribution in [2.24, 2.45) is 0 Å². The van der Waals surface area contributed by atoms with Gasteiger partial charge in [0.2, 0.25) is 0 Å². The van der Waals surface area contributed by atoms with Crippen LogP contribution in [0.3, 0.4) is 0 Å². The molecule has 278 valence electrons. The van der Waals surface area contributed by atoms with E-state index >= 15 is 0 Å². The van der Waals surface area contributed by atoms with Gasteiger partial charge in [-0.05, 0) is 117 Å². The van der Waals surface area contributed by atoms with Crippen molar-refractivity contribution in [2.75, 3.05) is 0 Å². The predicted molar refractivity (Wildman–Crippen MR) is 246 cm³/mol. The molecule has 0 fully saturated rings. The molecule has 0 amide bonds. The molecule has 12 rings (SSSR count). The molecule has 4 heteroatoms. The molecule has 0 nitrogen and oxygen atoms in total. The van der Waals surface area contributed by atoms with Gasteiger partial charge in [0.1, 0.15) is 0 Å². The Hall–Kier alpha value is -7.01. The Balaban J connectivity index is 1.13. The largest absolute Gasteiger partial charge is 0.416 e. The number of hydrogen-bond acceptors (Lipinski definition) is 1. The molecule has 59 heavy (non-hydrogen) atoms. The first-order valence-electron chi connectivity index (χ1n) is 19.7. The minimum atomic E-state index is -4.41. The number of thiophene rings is 1. The zero-order valence-electron chi connectivity index (χ0n) is 31.4. The molecule has 0 aliphatic rings. The summed E-state index contributed by atoms with van der Waals surface area (Å²) in [7, 11) is 0. The van der Waals surface area contributed by atoms with E-state index in [1.807, 2.05) is 23.5 Å². The standard InChI is InChI=1S/C55H31F3S/c56-55(57,58)35-25-21-33(22-26-35)50-38-13-3-7-17-42(38)52(43-18-8-4-14-39(43)50)53-44-19-9-5-15-40(44)51(41-16-6-10-20-45(41)53)34-24-30-49-48(31-34)47-29-28-37-36-12-2-1-11-32(36)23-27-46(37)54(47)59-49/h1-31H. The fourth-order valence-corrected chi connectivity index (χ4v) is 10.9. The van der Waals surface area contributed by atoms with Crippen LogP contribution in [-0.4, -0.2) is 0 Å². The van der Waals surface area contributed by atoms with Crippen LogP contribution in [0.5, 0.6) is 0 Å². The average molecular weight is 781 g/mol. The molecule has 0 spiro atoms. The van der Waals surface area contributed by atoms with E-state index in [0.29, 0.717) is 0 Å². The molecule has 11 aromatic carbocycles. The van der Waals surface area contributed by atoms with Crippen molar-refractivity contribution in [1.82, 2.24) is 0 Å². The number of halogens is 3. The van der Waals surface area contributed by atoms with Crippen molar-refractivity contribution in [1.29, 1.82) is 0 Å². The fourth-order valence-electron chi connectivity index (χ4n) is 9.72. The van der Waals surface area contributed by atoms with Crippen LogP contribution in [0.25, 0.3) is 118 Å². The Bertz CT molecular complexity index is 3590. The minimum absolute atomic E-state index is 0.655. The van der Waals surface area contributed by atoms with Gasteiger partial charge in [-0.2, -0.15) is 13.2 Å². The van der Waals surface area contributed by atoms with Gasteiger partial charge in [-0.3, -0.25) is 0 Å². The molecule has 0 radical (unpaired) electrons. The van der Waals surface area contributed by atoms with Crippen LogP contribution in [0, 0.1) is 0 Å². The summed E-state index contributed by atoms with van der Waals surface area (Å²) in [4.78, 5) is 0. The van der Waals surface area contributed by atoms with Gasteiger partial charge in [-0.15, -0.1) is 11.3 Å². The maximum absolute atomic E-state index is 13.7. The highest BCUT2D eigenvalue weighted by Crippen LogP contribution is 2.51. The molecule has 1 heterocycles. The third-order valence-corrected chi connectivity index (χ3v) is 13.5. The van der Waals surface area contributed by atoms with Crippen LogP contribution in [-0.2, 0) is 6.18 Å². The van der Waals surface area contributed by atoms with Crippen molar-refractivity contribution < 1.29 is 13.2 Å². The molecule has 0 aliphatic heterocycles. The van der Waals surface area contributed by atoms with Crippen LogP contribution in [0.1, 0.15) is 5.56 Å². The molecule has 0 N–H and O–H groups in total. The van der Waals surface area contributed by atoms with Gasteiger partial charge in [0.05, 0.1) is 5.56 Å². The molecule has 12 aromatic rings. The summed E-state index contributed by atoms with van der Waals surface area (Å²) in [5.74, 6) is 0. The second-order valence-corrected chi connectivity index (χ2v) is 16.4. The quantitative estimate of drug-likeness (QED) is 0.124. The summed E-state index contributed by atoms with van der Waals surface area (Å²) in [6.07, 6.45) is -4.41. The Morgan fingerprint density at radius 3 is 1.24 bits per heavy atom. The van der Waals surface area contributed by atoms with E-state index in [0.717, 1.165) is 65.3 Å². The minimum Gasteiger partial charge on any atom is -0.166 e. The summed E-state index contributed by atoms with van der Waals surface area (Å²) in [5.41, 5.74) is 5.65. The zero-order valence-corrected chi connectivity index (χ0v) is 32.3. The van der Waals surface area contributed by atoms with E-state index in [-0.39, 0.29) is 0 Å². The molecular weight excluding hydrogens is 750 g/mol. The maximum atomic E-state index is 13.7. The third-order valence-electron chi connectivity index (χ3n) is 12.3. The summed E-state index contributed by atoms with van der Waals surface area (Å²) < 4.78 is 43.6. The van der Waals surface area contributed by atoms with Crippen LogP contribution in [0.4, 0.5) is 13.2 Å². The second-order valence-electron chi connectivity index (χ2n) is 15.4. The topological polar surface area (TPSA) is 0 Å². The molecule has 0 aliphatic carbocycles. The lowest BCUT2D eigenvalue weighted by molar-refractivity contribution is -0.137. The molecule has 0 saturated carbocycles. The third kappa shape index (κ3) is 5.09. The number of hydrogen-bond donors (Lipinski definition) is 0. The first-order valence-corrected chi connectivity index (χ1v) is 20.6. The smallest absolute Gasteiger partial charge is 0.166 e. The van der Waals surface area contributed by atoms with Gasteiger partial charge in [-0.1, -0.05) is 164 Å². The predicted octanol–water partition coefficient (Wildman–Crippen LogP) is 17.0. The Labute approximate surface area is 341 Å². The Morgan fingerprint density at radius 2 is 0.712 bits per heavy atom. The van der Waals surface area contributed by atoms with Crippen molar-refractivity contribution in [3.63, 3.8) is 0 Å². The zero-order chi connectivity index (χ0) is 39.4. The fraction of sp³-hybridized carbons (Fsp3) is 0.0182. The van der Waals surface area contributed by atoms with Crippen LogP contribution in [0.2, 0.25) is 0 Å². The lowest BCUT2D eigenvalue weighted by Crippen LogP contribution is -2.04. The van der Waals surface area contributed by atoms with Crippen molar-refractivity contribution in [3.05, 3.63) is 194 Å². The molecule has 1 aromatic heterocycles. The van der Waals surface area contributed by atoms with Crippen molar-refractivity contribution in [2.45, 2.75) is 6.18 Å². The normalized spacial score (nSPS) is 12.3. The monoisotopic (exact) mass is 780 g/mol. The number of fused-ring (bicyclic) bond motifs is 11. The van der Waals surface area contributed by atoms with Gasteiger partial charge >= 0.3 is 6.18 Å². The Morgan fingerprint density at radius 1 is 0.305 bits per heavy atom. The van der Waals surface area contributed by atoms with E-state index in [4.69, 9.17) is 0 Å². The maximum Gasteiger partial charge on any atom is 0.416 e. The summed E-state index contributed by atoms with van der Waals surface area (Å²) >= 11 is 1.86. The van der Waals surface area contributed by atoms with Crippen LogP contribution < -0.4 is 0 Å². The lowest BCUT2D eigenvalue weighted by Gasteiger charge is -2.22. The van der Waals surface area contributed by atoms with E-state index < -0.39 is 11.7 Å². The van der Waals surface area contributed by atoms with Crippen LogP contribution >= 0.6 is 11.3 Å². The highest BCUT2D eigenvalue weighted by Gasteiger charge is 2.30. The van der Waals surface area contributed by atoms with E-state index in [2.05, 4.69) is 152 Å². The van der Waals surface area contributed by atoms with E-state index in [9.17, 15) is 13.2 Å². The summed E-state index contributed by atoms with van der Waals surface area (Å²) in [5, 5.41) is 16.3. The van der Waals surface area contributed by atoms with Crippen LogP contribution in [0.15, 0.2) is 188 Å². The summed E-state index contributed by atoms with van der Waals surface area (Å²) in [6.45, 7) is 0. The van der Waals surface area contributed by atoms with Crippen molar-refractivity contribution >= 4 is 96.1 Å². The highest BCUT2D eigenvalue weighted by molar-refractivity contribution is 7.26. The number of rotatable bonds is 3. The van der Waals surface area contributed by atoms with E-state index in [1.54, 1.807) is 12.1 Å². The highest BCUT2D eigenvalue weighted by atomic mass is 32.1. The van der Waals surface area contributed by atoms with Gasteiger partial charge in [0, 0.05) is 25.6 Å². The van der Waals surface area contributed by atoms with Gasteiger partial charge in [-0.25, -0.2) is 0 Å². The molecule has 0 atom stereocenters. The molecule has 0 unspecified atom stereocenters. The van der Waals surface area contributed by atoms with Gasteiger partial charge in [0.15, 0.2) is 0 Å². The lowest BCUT2D eigenvalue weighted by atomic mass is 9.81. The number of alkyl halides is 3. The second kappa shape index (κ2) is 12.7. The molecule has 0 bridgehead atoms. The molecular formula is C55H31F3S. The summed E-state index contributed by atoms with van der Waals surface area (Å²) in [6, 6.07) is 64.4. The van der Waals surface area contributed by atoms with Gasteiger partial charge < -0.3 is 0 Å². The first-order chi connectivity index (χ1) is 28.9. The Kier molecular flexibility index (Phi) is 7.36. The van der Waals surface area contributed by atoms with Gasteiger partial charge in [0.25, 0.3) is 0 Å². The average Bonchev–Trinajstić information content (AvgIpc) is 3.66.